The van der Waals surface area contributed by atoms with Crippen LogP contribution in [0.4, 0.5) is 0 Å². The fourth-order valence-corrected chi connectivity index (χ4v) is 4.51. The lowest BCUT2D eigenvalue weighted by atomic mass is 9.86. The molecule has 4 atom stereocenters. The van der Waals surface area contributed by atoms with E-state index in [1.165, 1.54) is 32.1 Å². The van der Waals surface area contributed by atoms with Gasteiger partial charge >= 0.3 is 7.69 Å². The van der Waals surface area contributed by atoms with E-state index in [2.05, 4.69) is 13.5 Å². The van der Waals surface area contributed by atoms with Gasteiger partial charge in [-0.1, -0.05) is 19.9 Å². The zero-order chi connectivity index (χ0) is 13.7. The highest BCUT2D eigenvalue weighted by Gasteiger charge is 2.33. The number of hydrogen-bond donors (Lipinski definition) is 1. The zero-order valence-corrected chi connectivity index (χ0v) is 12.5. The normalized spacial score (nSPS) is 34.5. The van der Waals surface area contributed by atoms with Crippen LogP contribution in [0.1, 0.15) is 45.4 Å². The van der Waals surface area contributed by atoms with Gasteiger partial charge in [-0.05, 0) is 32.1 Å². The second-order valence-corrected chi connectivity index (χ2v) is 6.98. The lowest BCUT2D eigenvalue weighted by molar-refractivity contribution is 0.237. The molecule has 2 saturated heterocycles. The third-order valence-corrected chi connectivity index (χ3v) is 5.71. The minimum absolute atomic E-state index is 0.149. The second-order valence-electron chi connectivity index (χ2n) is 5.52. The van der Waals surface area contributed by atoms with Crippen LogP contribution in [0.25, 0.3) is 0 Å². The van der Waals surface area contributed by atoms with Gasteiger partial charge in [0.1, 0.15) is 0 Å². The van der Waals surface area contributed by atoms with Crippen LogP contribution in [0.15, 0.2) is 12.3 Å². The molecule has 0 aromatic carbocycles. The van der Waals surface area contributed by atoms with E-state index in [1.54, 1.807) is 0 Å². The lowest BCUT2D eigenvalue weighted by Crippen LogP contribution is -2.13. The van der Waals surface area contributed by atoms with E-state index in [9.17, 15) is 0 Å². The summed E-state index contributed by atoms with van der Waals surface area (Å²) in [4.78, 5) is 0. The molecule has 2 fully saturated rings. The Morgan fingerprint density at radius 3 is 3.00 bits per heavy atom. The van der Waals surface area contributed by atoms with Gasteiger partial charge in [-0.3, -0.25) is 0 Å². The van der Waals surface area contributed by atoms with E-state index in [4.69, 9.17) is 14.4 Å². The van der Waals surface area contributed by atoms with Gasteiger partial charge in [0.2, 0.25) is 0 Å². The maximum atomic E-state index is 8.65. The molecule has 0 bridgehead atoms. The Kier molecular flexibility index (Phi) is 6.11. The summed E-state index contributed by atoms with van der Waals surface area (Å²) in [7, 11) is 0.826. The topological polar surface area (TPSA) is 38.7 Å². The molecule has 0 aromatic heterocycles. The third-order valence-electron chi connectivity index (χ3n) is 4.21. The minimum Gasteiger partial charge on any atom is -0.498 e. The molecule has 107 valence electrons. The molecule has 1 radical (unpaired) electrons. The first kappa shape index (κ1) is 15.3. The van der Waals surface area contributed by atoms with E-state index < -0.39 is 0 Å². The molecule has 0 amide bonds. The Morgan fingerprint density at radius 1 is 1.42 bits per heavy atom. The summed E-state index contributed by atoms with van der Waals surface area (Å²) in [6.07, 6.45) is 7.07. The average molecular weight is 283 g/mol. The fourth-order valence-electron chi connectivity index (χ4n) is 3.15. The molecule has 2 aliphatic rings. The molecule has 0 aliphatic carbocycles. The molecule has 2 heterocycles. The van der Waals surface area contributed by atoms with Crippen molar-refractivity contribution in [1.82, 2.24) is 0 Å². The van der Waals surface area contributed by atoms with Gasteiger partial charge in [-0.2, -0.15) is 0 Å². The van der Waals surface area contributed by atoms with Gasteiger partial charge in [-0.15, -0.1) is 11.8 Å². The molecule has 19 heavy (non-hydrogen) atoms. The summed E-state index contributed by atoms with van der Waals surface area (Å²) in [5, 5.41) is 9.32. The van der Waals surface area contributed by atoms with Crippen LogP contribution in [-0.4, -0.2) is 30.0 Å². The first-order valence-corrected chi connectivity index (χ1v) is 8.27. The average Bonchev–Trinajstić information content (AvgIpc) is 2.97. The Hall–Kier alpha value is -0.125. The van der Waals surface area contributed by atoms with Crippen molar-refractivity contribution in [1.29, 1.82) is 0 Å². The summed E-state index contributed by atoms with van der Waals surface area (Å²) in [6, 6.07) is 0. The van der Waals surface area contributed by atoms with Crippen molar-refractivity contribution >= 4 is 19.4 Å². The van der Waals surface area contributed by atoms with Gasteiger partial charge in [-0.25, -0.2) is 0 Å². The highest BCUT2D eigenvalue weighted by Crippen LogP contribution is 2.40. The van der Waals surface area contributed by atoms with Crippen molar-refractivity contribution in [2.24, 2.45) is 11.8 Å². The first-order valence-electron chi connectivity index (χ1n) is 7.33. The molecule has 0 saturated carbocycles. The van der Waals surface area contributed by atoms with E-state index in [0.717, 1.165) is 26.5 Å². The van der Waals surface area contributed by atoms with Crippen molar-refractivity contribution in [2.45, 2.75) is 56.1 Å². The third kappa shape index (κ3) is 4.17. The molecule has 3 nitrogen and oxygen atoms in total. The van der Waals surface area contributed by atoms with Gasteiger partial charge < -0.3 is 14.4 Å². The number of hydrogen-bond acceptors (Lipinski definition) is 4. The molecule has 2 rings (SSSR count). The Bertz CT molecular complexity index is 300. The molecule has 0 spiro atoms. The molecular formula is C14H24BO3S. The number of allylic oxidation sites excluding steroid dienone is 1. The predicted octanol–water partition coefficient (Wildman–Crippen LogP) is 3.11. The van der Waals surface area contributed by atoms with Gasteiger partial charge in [0.15, 0.2) is 0 Å². The predicted molar refractivity (Wildman–Crippen MR) is 79.7 cm³/mol. The number of rotatable bonds is 7. The van der Waals surface area contributed by atoms with Crippen molar-refractivity contribution in [3.05, 3.63) is 12.3 Å². The molecular weight excluding hydrogens is 259 g/mol. The zero-order valence-electron chi connectivity index (χ0n) is 11.7. The second kappa shape index (κ2) is 7.60. The van der Waals surface area contributed by atoms with E-state index in [-0.39, 0.29) is 5.44 Å². The standard InChI is InChI=1S/C14H24BO3S/c1-3-4-13-10(2)17-9-11(13)5-6-12-7-8-14(19-12)18-15-16/h11-14,16H,2-9H2,1H3. The highest BCUT2D eigenvalue weighted by molar-refractivity contribution is 8.00. The summed E-state index contributed by atoms with van der Waals surface area (Å²) in [5.41, 5.74) is 0.149. The van der Waals surface area contributed by atoms with Crippen LogP contribution in [0.2, 0.25) is 0 Å². The van der Waals surface area contributed by atoms with Crippen molar-refractivity contribution in [2.75, 3.05) is 6.61 Å². The largest absolute Gasteiger partial charge is 0.498 e. The van der Waals surface area contributed by atoms with Crippen LogP contribution in [0.5, 0.6) is 0 Å². The molecule has 1 N–H and O–H groups in total. The van der Waals surface area contributed by atoms with Gasteiger partial charge in [0.05, 0.1) is 17.8 Å². The van der Waals surface area contributed by atoms with E-state index >= 15 is 0 Å². The maximum Gasteiger partial charge on any atom is 0.485 e. The van der Waals surface area contributed by atoms with Crippen LogP contribution in [0, 0.1) is 11.8 Å². The van der Waals surface area contributed by atoms with Gasteiger partial charge in [0.25, 0.3) is 0 Å². The van der Waals surface area contributed by atoms with Crippen molar-refractivity contribution < 1.29 is 14.4 Å². The minimum atomic E-state index is 0.149. The van der Waals surface area contributed by atoms with Crippen molar-refractivity contribution in [3.63, 3.8) is 0 Å². The van der Waals surface area contributed by atoms with Crippen LogP contribution in [-0.2, 0) is 9.39 Å². The SMILES string of the molecule is C=C1OCC(CCC2CCC(O[B]O)S2)C1CCC. The summed E-state index contributed by atoms with van der Waals surface area (Å²) in [6.45, 7) is 7.12. The number of ether oxygens (including phenoxy) is 1. The van der Waals surface area contributed by atoms with E-state index in [0.29, 0.717) is 17.1 Å². The molecule has 5 heteroatoms. The Balaban J connectivity index is 1.72. The van der Waals surface area contributed by atoms with E-state index in [1.807, 2.05) is 11.8 Å². The smallest absolute Gasteiger partial charge is 0.485 e. The summed E-state index contributed by atoms with van der Waals surface area (Å²) < 4.78 is 10.8. The monoisotopic (exact) mass is 283 g/mol. The first-order chi connectivity index (χ1) is 9.24. The Morgan fingerprint density at radius 2 is 2.26 bits per heavy atom. The van der Waals surface area contributed by atoms with Crippen LogP contribution >= 0.6 is 11.8 Å². The quantitative estimate of drug-likeness (QED) is 0.729. The van der Waals surface area contributed by atoms with Crippen LogP contribution in [0.3, 0.4) is 0 Å². The lowest BCUT2D eigenvalue weighted by Gasteiger charge is -2.18. The van der Waals surface area contributed by atoms with Crippen molar-refractivity contribution in [3.8, 4) is 0 Å². The van der Waals surface area contributed by atoms with Crippen LogP contribution < -0.4 is 0 Å². The molecule has 2 aliphatic heterocycles. The molecule has 4 unspecified atom stereocenters. The van der Waals surface area contributed by atoms with Gasteiger partial charge in [0, 0.05) is 17.1 Å². The summed E-state index contributed by atoms with van der Waals surface area (Å²) in [5.74, 6) is 2.22. The molecule has 0 aromatic rings. The fraction of sp³-hybridized carbons (Fsp3) is 0.857. The number of thioether (sulfide) groups is 1. The maximum absolute atomic E-state index is 8.65. The summed E-state index contributed by atoms with van der Waals surface area (Å²) >= 11 is 1.86. The Labute approximate surface area is 121 Å². The highest BCUT2D eigenvalue weighted by atomic mass is 32.2.